The van der Waals surface area contributed by atoms with E-state index in [4.69, 9.17) is 30.0 Å². The Morgan fingerprint density at radius 1 is 1.09 bits per heavy atom. The lowest BCUT2D eigenvalue weighted by Gasteiger charge is -2.16. The number of fused-ring (bicyclic) bond motifs is 1. The molecule has 2 saturated heterocycles. The molecule has 2 fully saturated rings. The standard InChI is InChI=1S/C21H25N7O13P2/c22-17-12-19(25-7-24-17)28(8-26-12)21-16(32)13(29)10(40-21)5-37-42(34)41-43(35,36)38-6-11-14(30)15(31)20(39-11)27-3-1-2-9(4-27)18(23)33/h1-4,7-8,10-11,13-16,20-21,29-32H,5-6H2,(H3-2,22,23,24,25,33,35,36)/p+2/t10-,11-,13-,14-,15-,16-,20-,21-/m1/s1. The molecule has 0 bridgehead atoms. The van der Waals surface area contributed by atoms with Crippen molar-refractivity contribution in [1.82, 2.24) is 19.5 Å². The predicted octanol–water partition coefficient (Wildman–Crippen LogP) is -2.46. The highest BCUT2D eigenvalue weighted by molar-refractivity contribution is 7.56. The molecule has 2 aliphatic rings. The van der Waals surface area contributed by atoms with Crippen LogP contribution in [0.4, 0.5) is 5.82 Å². The number of imidazole rings is 1. The second kappa shape index (κ2) is 12.5. The van der Waals surface area contributed by atoms with Gasteiger partial charge in [-0.05, 0) is 10.4 Å². The fourth-order valence-electron chi connectivity index (χ4n) is 4.50. The van der Waals surface area contributed by atoms with Crippen molar-refractivity contribution in [2.75, 3.05) is 18.9 Å². The molecule has 9 N–H and O–H groups in total. The van der Waals surface area contributed by atoms with Crippen LogP contribution >= 0.6 is 16.1 Å². The van der Waals surface area contributed by atoms with Gasteiger partial charge in [-0.25, -0.2) is 19.5 Å². The Kier molecular flexibility index (Phi) is 9.10. The van der Waals surface area contributed by atoms with Gasteiger partial charge in [-0.15, -0.1) is 4.52 Å². The maximum atomic E-state index is 12.4. The number of aromatic nitrogens is 5. The van der Waals surface area contributed by atoms with Crippen molar-refractivity contribution in [3.05, 3.63) is 42.7 Å². The number of carbonyl (C=O) groups excluding carboxylic acids is 1. The quantitative estimate of drug-likeness (QED) is 0.0838. The minimum atomic E-state index is -5.07. The second-order valence-electron chi connectivity index (χ2n) is 9.44. The summed E-state index contributed by atoms with van der Waals surface area (Å²) in [5.74, 6) is -0.658. The number of rotatable bonds is 11. The third-order valence-electron chi connectivity index (χ3n) is 6.65. The number of primary amides is 1. The van der Waals surface area contributed by atoms with E-state index < -0.39 is 84.3 Å². The second-order valence-corrected chi connectivity index (χ2v) is 12.0. The van der Waals surface area contributed by atoms with Gasteiger partial charge in [0, 0.05) is 10.6 Å². The van der Waals surface area contributed by atoms with Gasteiger partial charge < -0.3 is 41.4 Å². The summed E-state index contributed by atoms with van der Waals surface area (Å²) < 4.78 is 52.5. The van der Waals surface area contributed by atoms with Crippen LogP contribution < -0.4 is 16.0 Å². The highest BCUT2D eigenvalue weighted by Crippen LogP contribution is 2.53. The number of hydrogen-bond acceptors (Lipinski definition) is 16. The largest absolute Gasteiger partial charge is 0.708 e. The van der Waals surface area contributed by atoms with Crippen molar-refractivity contribution in [1.29, 1.82) is 0 Å². The Morgan fingerprint density at radius 2 is 1.81 bits per heavy atom. The summed E-state index contributed by atoms with van der Waals surface area (Å²) >= 11 is 0. The summed E-state index contributed by atoms with van der Waals surface area (Å²) in [7, 11) is -8.40. The fourth-order valence-corrected chi connectivity index (χ4v) is 6.15. The number of pyridine rings is 1. The minimum Gasteiger partial charge on any atom is -0.387 e. The molecular weight excluding hydrogens is 620 g/mol. The molecule has 1 amide bonds. The first-order valence-electron chi connectivity index (χ1n) is 12.4. The molecule has 232 valence electrons. The number of amides is 1. The van der Waals surface area contributed by atoms with Crippen molar-refractivity contribution in [3.63, 3.8) is 0 Å². The van der Waals surface area contributed by atoms with Gasteiger partial charge in [-0.1, -0.05) is 0 Å². The SMILES string of the molecule is NC(=O)c1ccc[n+]([C@@H]2O[C@H](COP(=O)(O)O[P+](=O)OC[C@H]3O[C@@H](n4cnc5c(N)ncnc54)[C@H](O)[C@@H]3O)[C@@H](O)[C@H]2O)c1. The molecule has 2 aliphatic heterocycles. The van der Waals surface area contributed by atoms with Gasteiger partial charge in [0.2, 0.25) is 0 Å². The van der Waals surface area contributed by atoms with E-state index in [1.165, 1.54) is 46.3 Å². The van der Waals surface area contributed by atoms with Crippen LogP contribution in [-0.4, -0.2) is 101 Å². The average molecular weight is 647 g/mol. The van der Waals surface area contributed by atoms with Crippen LogP contribution in [0.5, 0.6) is 0 Å². The summed E-state index contributed by atoms with van der Waals surface area (Å²) in [6.45, 7) is -1.43. The Bertz CT molecular complexity index is 1560. The number of carbonyl (C=O) groups is 1. The van der Waals surface area contributed by atoms with Crippen molar-refractivity contribution in [3.8, 4) is 0 Å². The molecule has 2 unspecified atom stereocenters. The van der Waals surface area contributed by atoms with Crippen LogP contribution in [0.25, 0.3) is 11.2 Å². The number of ether oxygens (including phenoxy) is 2. The highest BCUT2D eigenvalue weighted by Gasteiger charge is 2.50. The number of aliphatic hydroxyl groups excluding tert-OH is 4. The first-order valence-corrected chi connectivity index (χ1v) is 15.0. The molecule has 3 aromatic rings. The van der Waals surface area contributed by atoms with Gasteiger partial charge in [-0.2, -0.15) is 4.57 Å². The van der Waals surface area contributed by atoms with E-state index in [0.29, 0.717) is 0 Å². The number of aliphatic hydroxyl groups is 4. The van der Waals surface area contributed by atoms with Gasteiger partial charge in [0.1, 0.15) is 54.5 Å². The van der Waals surface area contributed by atoms with Crippen molar-refractivity contribution >= 4 is 39.0 Å². The lowest BCUT2D eigenvalue weighted by Crippen LogP contribution is -2.46. The van der Waals surface area contributed by atoms with Crippen LogP contribution in [0.2, 0.25) is 0 Å². The smallest absolute Gasteiger partial charge is 0.387 e. The number of phosphoric ester groups is 1. The van der Waals surface area contributed by atoms with Gasteiger partial charge in [-0.3, -0.25) is 18.8 Å². The number of nitrogens with zero attached hydrogens (tertiary/aromatic N) is 5. The summed E-state index contributed by atoms with van der Waals surface area (Å²) in [6.07, 6.45) is -5.98. The lowest BCUT2D eigenvalue weighted by molar-refractivity contribution is -0.765. The molecule has 5 rings (SSSR count). The molecule has 0 spiro atoms. The Morgan fingerprint density at radius 3 is 2.56 bits per heavy atom. The van der Waals surface area contributed by atoms with Crippen LogP contribution in [0, 0.1) is 0 Å². The Labute approximate surface area is 241 Å². The highest BCUT2D eigenvalue weighted by atomic mass is 31.2. The first-order chi connectivity index (χ1) is 20.4. The van der Waals surface area contributed by atoms with Crippen molar-refractivity contribution in [2.24, 2.45) is 5.73 Å². The van der Waals surface area contributed by atoms with E-state index in [-0.39, 0.29) is 22.5 Å². The van der Waals surface area contributed by atoms with Gasteiger partial charge in [0.25, 0.3) is 12.1 Å². The van der Waals surface area contributed by atoms with Crippen LogP contribution in [-0.2, 0) is 32.0 Å². The van der Waals surface area contributed by atoms with E-state index in [9.17, 15) is 39.2 Å². The van der Waals surface area contributed by atoms with E-state index in [0.717, 1.165) is 0 Å². The predicted molar refractivity (Wildman–Crippen MR) is 137 cm³/mol. The number of phosphoric acid groups is 1. The molecule has 10 atom stereocenters. The van der Waals surface area contributed by atoms with E-state index in [1.54, 1.807) is 0 Å². The Balaban J connectivity index is 1.13. The summed E-state index contributed by atoms with van der Waals surface area (Å²) in [6, 6.07) is 2.88. The van der Waals surface area contributed by atoms with Crippen LogP contribution in [0.1, 0.15) is 22.8 Å². The zero-order valence-electron chi connectivity index (χ0n) is 21.8. The van der Waals surface area contributed by atoms with E-state index >= 15 is 0 Å². The zero-order chi connectivity index (χ0) is 31.1. The molecule has 43 heavy (non-hydrogen) atoms. The number of anilines is 1. The summed E-state index contributed by atoms with van der Waals surface area (Å²) in [5, 5.41) is 41.6. The monoisotopic (exact) mass is 647 g/mol. The number of nitrogen functional groups attached to an aromatic ring is 1. The first kappa shape index (κ1) is 31.3. The van der Waals surface area contributed by atoms with Crippen molar-refractivity contribution in [2.45, 2.75) is 49.1 Å². The molecule has 3 aromatic heterocycles. The van der Waals surface area contributed by atoms with E-state index in [2.05, 4.69) is 19.3 Å². The molecule has 0 aromatic carbocycles. The van der Waals surface area contributed by atoms with Gasteiger partial charge in [0.05, 0.1) is 12.9 Å². The Hall–Kier alpha value is -3.10. The minimum absolute atomic E-state index is 0.0836. The van der Waals surface area contributed by atoms with Crippen molar-refractivity contribution < 1.29 is 66.6 Å². The topological polar surface area (TPSA) is 298 Å². The number of hydrogen-bond donors (Lipinski definition) is 7. The normalized spacial score (nSPS) is 30.9. The molecular formula is C21H27N7O13P2+2. The molecule has 0 saturated carbocycles. The zero-order valence-corrected chi connectivity index (χ0v) is 23.6. The van der Waals surface area contributed by atoms with E-state index in [1.807, 2.05) is 0 Å². The maximum absolute atomic E-state index is 12.4. The van der Waals surface area contributed by atoms with Crippen LogP contribution in [0.3, 0.4) is 0 Å². The summed E-state index contributed by atoms with van der Waals surface area (Å²) in [5.41, 5.74) is 11.6. The number of nitrogens with two attached hydrogens (primary N) is 2. The average Bonchev–Trinajstić information content (AvgIpc) is 3.61. The van der Waals surface area contributed by atoms with Gasteiger partial charge >= 0.3 is 16.1 Å². The summed E-state index contributed by atoms with van der Waals surface area (Å²) in [4.78, 5) is 33.3. The molecule has 22 heteroatoms. The third kappa shape index (κ3) is 6.55. The molecule has 0 aliphatic carbocycles. The lowest BCUT2D eigenvalue weighted by atomic mass is 10.1. The molecule has 20 nitrogen and oxygen atoms in total. The maximum Gasteiger partial charge on any atom is 0.708 e. The molecule has 5 heterocycles. The fraction of sp³-hybridized carbons (Fsp3) is 0.476. The third-order valence-corrected chi connectivity index (χ3v) is 8.85. The molecule has 0 radical (unpaired) electrons. The van der Waals surface area contributed by atoms with Crippen LogP contribution in [0.15, 0.2) is 37.2 Å². The van der Waals surface area contributed by atoms with Gasteiger partial charge in [0.15, 0.2) is 36.2 Å².